The Morgan fingerprint density at radius 1 is 1.07 bits per heavy atom. The van der Waals surface area contributed by atoms with Crippen LogP contribution in [0.4, 0.5) is 0 Å². The molecular weight excluding hydrogens is 396 g/mol. The average Bonchev–Trinajstić information content (AvgIpc) is 3.20. The first-order chi connectivity index (χ1) is 14.1. The first-order valence-electron chi connectivity index (χ1n) is 10.4. The van der Waals surface area contributed by atoms with Crippen molar-refractivity contribution in [1.29, 1.82) is 0 Å². The molecule has 0 radical (unpaired) electrons. The molecular formula is C25H30O4S. The van der Waals surface area contributed by atoms with E-state index < -0.39 is 11.6 Å². The highest BCUT2D eigenvalue weighted by Crippen LogP contribution is 2.43. The van der Waals surface area contributed by atoms with Gasteiger partial charge in [-0.1, -0.05) is 30.7 Å². The maximum atomic E-state index is 13.2. The number of hydrogen-bond donors (Lipinski definition) is 1. The molecule has 2 aromatic rings. The second-order valence-corrected chi connectivity index (χ2v) is 9.52. The lowest BCUT2D eigenvalue weighted by atomic mass is 9.82. The molecule has 0 spiro atoms. The third kappa shape index (κ3) is 4.56. The molecule has 0 aromatic heterocycles. The highest BCUT2D eigenvalue weighted by Gasteiger charge is 2.35. The van der Waals surface area contributed by atoms with Crippen LogP contribution in [0.2, 0.25) is 0 Å². The molecule has 1 N–H and O–H groups in total. The molecule has 1 saturated carbocycles. The highest BCUT2D eigenvalue weighted by atomic mass is 32.2. The number of rotatable bonds is 7. The van der Waals surface area contributed by atoms with E-state index in [1.54, 1.807) is 25.6 Å². The van der Waals surface area contributed by atoms with Crippen LogP contribution in [-0.2, 0) is 4.79 Å². The zero-order chi connectivity index (χ0) is 22.1. The number of Topliss-reactive ketones (excluding diaryl/α,β-unsaturated/α-hetero) is 1. The van der Waals surface area contributed by atoms with Crippen LogP contribution < -0.4 is 4.74 Å². The number of thioether (sulfide) groups is 1. The molecule has 30 heavy (non-hydrogen) atoms. The van der Waals surface area contributed by atoms with Crippen molar-refractivity contribution in [3.63, 3.8) is 0 Å². The summed E-state index contributed by atoms with van der Waals surface area (Å²) in [5.74, 6) is -0.0189. The Balaban J connectivity index is 1.87. The van der Waals surface area contributed by atoms with E-state index >= 15 is 0 Å². The summed E-state index contributed by atoms with van der Waals surface area (Å²) < 4.78 is 5.84. The molecule has 2 atom stereocenters. The molecule has 2 aromatic carbocycles. The summed E-state index contributed by atoms with van der Waals surface area (Å²) in [5, 5.41) is 9.38. The summed E-state index contributed by atoms with van der Waals surface area (Å²) in [4.78, 5) is 25.8. The lowest BCUT2D eigenvalue weighted by Crippen LogP contribution is -2.38. The van der Waals surface area contributed by atoms with Gasteiger partial charge in [0.1, 0.15) is 5.75 Å². The summed E-state index contributed by atoms with van der Waals surface area (Å²) in [6, 6.07) is 12.0. The normalized spacial score (nSPS) is 19.0. The van der Waals surface area contributed by atoms with E-state index in [4.69, 9.17) is 4.74 Å². The summed E-state index contributed by atoms with van der Waals surface area (Å²) in [7, 11) is 0. The van der Waals surface area contributed by atoms with Crippen molar-refractivity contribution in [2.24, 2.45) is 5.92 Å². The smallest absolute Gasteiger partial charge is 0.347 e. The number of carboxylic acid groups (broad SMARTS) is 1. The van der Waals surface area contributed by atoms with E-state index in [-0.39, 0.29) is 17.6 Å². The van der Waals surface area contributed by atoms with Crippen LogP contribution in [0.25, 0.3) is 0 Å². The highest BCUT2D eigenvalue weighted by molar-refractivity contribution is 7.98. The van der Waals surface area contributed by atoms with E-state index in [0.717, 1.165) is 46.4 Å². The molecule has 0 amide bonds. The van der Waals surface area contributed by atoms with E-state index in [1.165, 1.54) is 0 Å². The van der Waals surface area contributed by atoms with Gasteiger partial charge in [0, 0.05) is 16.4 Å². The van der Waals surface area contributed by atoms with E-state index in [1.807, 2.05) is 44.4 Å². The van der Waals surface area contributed by atoms with Gasteiger partial charge in [-0.05, 0) is 81.5 Å². The van der Waals surface area contributed by atoms with Gasteiger partial charge >= 0.3 is 5.97 Å². The van der Waals surface area contributed by atoms with Gasteiger partial charge in [0.05, 0.1) is 0 Å². The zero-order valence-corrected chi connectivity index (χ0v) is 19.1. The van der Waals surface area contributed by atoms with Gasteiger partial charge in [0.15, 0.2) is 11.4 Å². The predicted molar refractivity (Wildman–Crippen MR) is 121 cm³/mol. The summed E-state index contributed by atoms with van der Waals surface area (Å²) in [6.07, 6.45) is 4.95. The Morgan fingerprint density at radius 2 is 1.67 bits per heavy atom. The average molecular weight is 427 g/mol. The van der Waals surface area contributed by atoms with Crippen molar-refractivity contribution in [2.75, 3.05) is 6.26 Å². The number of carbonyl (C=O) groups is 2. The van der Waals surface area contributed by atoms with E-state index in [2.05, 4.69) is 12.1 Å². The Bertz CT molecular complexity index is 923. The van der Waals surface area contributed by atoms with Crippen LogP contribution in [0.5, 0.6) is 5.75 Å². The van der Waals surface area contributed by atoms with Crippen molar-refractivity contribution >= 4 is 23.5 Å². The van der Waals surface area contributed by atoms with Gasteiger partial charge in [-0.2, -0.15) is 0 Å². The van der Waals surface area contributed by atoms with Crippen molar-refractivity contribution in [1.82, 2.24) is 0 Å². The molecule has 2 unspecified atom stereocenters. The number of ether oxygens (including phenoxy) is 1. The fraction of sp³-hybridized carbons (Fsp3) is 0.440. The Hall–Kier alpha value is -2.27. The topological polar surface area (TPSA) is 63.6 Å². The van der Waals surface area contributed by atoms with Crippen LogP contribution in [0, 0.1) is 19.8 Å². The minimum atomic E-state index is -1.30. The lowest BCUT2D eigenvalue weighted by molar-refractivity contribution is -0.152. The summed E-state index contributed by atoms with van der Waals surface area (Å²) in [5.41, 5.74) is 2.43. The van der Waals surface area contributed by atoms with Gasteiger partial charge in [-0.3, -0.25) is 4.79 Å². The summed E-state index contributed by atoms with van der Waals surface area (Å²) >= 11 is 1.67. The lowest BCUT2D eigenvalue weighted by Gasteiger charge is -2.26. The number of hydrogen-bond acceptors (Lipinski definition) is 4. The van der Waals surface area contributed by atoms with Gasteiger partial charge in [-0.15, -0.1) is 11.8 Å². The largest absolute Gasteiger partial charge is 0.478 e. The second-order valence-electron chi connectivity index (χ2n) is 8.64. The summed E-state index contributed by atoms with van der Waals surface area (Å²) in [6.45, 7) is 6.99. The molecule has 5 heteroatoms. The third-order valence-electron chi connectivity index (χ3n) is 6.01. The molecule has 0 aliphatic heterocycles. The molecule has 1 aliphatic carbocycles. The van der Waals surface area contributed by atoms with E-state index in [0.29, 0.717) is 5.75 Å². The molecule has 3 rings (SSSR count). The fourth-order valence-corrected chi connectivity index (χ4v) is 4.71. The quantitative estimate of drug-likeness (QED) is 0.432. The minimum Gasteiger partial charge on any atom is -0.478 e. The Kier molecular flexibility index (Phi) is 6.61. The van der Waals surface area contributed by atoms with Crippen LogP contribution in [0.15, 0.2) is 41.3 Å². The van der Waals surface area contributed by atoms with Crippen molar-refractivity contribution < 1.29 is 19.4 Å². The maximum absolute atomic E-state index is 13.2. The van der Waals surface area contributed by atoms with Gasteiger partial charge in [-0.25, -0.2) is 4.79 Å². The number of benzene rings is 2. The van der Waals surface area contributed by atoms with Gasteiger partial charge in [0.25, 0.3) is 0 Å². The molecule has 160 valence electrons. The molecule has 0 saturated heterocycles. The monoisotopic (exact) mass is 426 g/mol. The first-order valence-corrected chi connectivity index (χ1v) is 11.6. The van der Waals surface area contributed by atoms with Crippen molar-refractivity contribution in [3.05, 3.63) is 58.7 Å². The van der Waals surface area contributed by atoms with Crippen molar-refractivity contribution in [2.45, 2.75) is 63.4 Å². The van der Waals surface area contributed by atoms with Crippen LogP contribution in [0.1, 0.15) is 66.1 Å². The molecule has 1 fully saturated rings. The third-order valence-corrected chi connectivity index (χ3v) is 6.75. The number of aliphatic carboxylic acids is 1. The predicted octanol–water partition coefficient (Wildman–Crippen LogP) is 6.03. The van der Waals surface area contributed by atoms with Gasteiger partial charge in [0.2, 0.25) is 0 Å². The maximum Gasteiger partial charge on any atom is 0.347 e. The zero-order valence-electron chi connectivity index (χ0n) is 18.3. The molecule has 0 bridgehead atoms. The Morgan fingerprint density at radius 3 is 2.20 bits per heavy atom. The SMILES string of the molecule is CSc1ccc(C(=O)C2CCCC2c2cc(C)c(OC(C)(C)C(=O)O)c(C)c2)cc1. The molecule has 4 nitrogen and oxygen atoms in total. The molecule has 0 heterocycles. The Labute approximate surface area is 183 Å². The second kappa shape index (κ2) is 8.84. The number of ketones is 1. The minimum absolute atomic E-state index is 0.0221. The van der Waals surface area contributed by atoms with Crippen molar-refractivity contribution in [3.8, 4) is 5.75 Å². The number of aryl methyl sites for hydroxylation is 2. The standard InChI is InChI=1S/C25H30O4S/c1-15-13-18(14-16(2)23(15)29-25(3,4)24(27)28)20-7-6-8-21(20)22(26)17-9-11-19(30-5)12-10-17/h9-14,20-21H,6-8H2,1-5H3,(H,27,28). The van der Waals surface area contributed by atoms with Crippen LogP contribution >= 0.6 is 11.8 Å². The van der Waals surface area contributed by atoms with Gasteiger partial charge < -0.3 is 9.84 Å². The van der Waals surface area contributed by atoms with Crippen LogP contribution in [0.3, 0.4) is 0 Å². The fourth-order valence-electron chi connectivity index (χ4n) is 4.30. The van der Waals surface area contributed by atoms with Crippen LogP contribution in [-0.4, -0.2) is 28.7 Å². The molecule has 1 aliphatic rings. The van der Waals surface area contributed by atoms with E-state index in [9.17, 15) is 14.7 Å². The number of carboxylic acids is 1. The number of carbonyl (C=O) groups excluding carboxylic acids is 1. The first kappa shape index (κ1) is 22.4.